The Hall–Kier alpha value is -1.60. The fourth-order valence-electron chi connectivity index (χ4n) is 1.68. The molecule has 1 N–H and O–H groups in total. The molecule has 0 fully saturated rings. The number of benzene rings is 1. The van der Waals surface area contributed by atoms with Crippen LogP contribution in [0.15, 0.2) is 34.7 Å². The third-order valence-corrected chi connectivity index (χ3v) is 5.28. The molecular weight excluding hydrogens is 330 g/mol. The van der Waals surface area contributed by atoms with Crippen LogP contribution in [0, 0.1) is 0 Å². The van der Waals surface area contributed by atoms with E-state index < -0.39 is 0 Å². The first-order valence-electron chi connectivity index (χ1n) is 7.65. The first kappa shape index (κ1) is 17.7. The molecule has 124 valence electrons. The van der Waals surface area contributed by atoms with Gasteiger partial charge >= 0.3 is 0 Å². The fraction of sp³-hybridized carbons (Fsp3) is 0.438. The minimum Gasteiger partial charge on any atom is -0.494 e. The summed E-state index contributed by atoms with van der Waals surface area (Å²) in [6, 6.07) is 9.59. The molecule has 0 aliphatic heterocycles. The number of amides is 1. The minimum absolute atomic E-state index is 0.0575. The van der Waals surface area contributed by atoms with Gasteiger partial charge in [-0.05, 0) is 25.0 Å². The summed E-state index contributed by atoms with van der Waals surface area (Å²) in [6.45, 7) is 4.80. The van der Waals surface area contributed by atoms with Crippen molar-refractivity contribution in [3.8, 4) is 5.75 Å². The SMILES string of the molecule is CCC(C)Sc1nnc(NC(=O)CCCOc2ccccc2)s1. The summed E-state index contributed by atoms with van der Waals surface area (Å²) in [5.41, 5.74) is 0. The zero-order valence-electron chi connectivity index (χ0n) is 13.3. The van der Waals surface area contributed by atoms with Crippen LogP contribution < -0.4 is 10.1 Å². The molecule has 1 atom stereocenters. The second kappa shape index (κ2) is 9.52. The molecule has 2 aromatic rings. The quantitative estimate of drug-likeness (QED) is 0.416. The zero-order valence-corrected chi connectivity index (χ0v) is 15.0. The lowest BCUT2D eigenvalue weighted by Gasteiger charge is -2.05. The molecular formula is C16H21N3O2S2. The second-order valence-corrected chi connectivity index (χ2v) is 7.69. The van der Waals surface area contributed by atoms with Crippen molar-refractivity contribution in [2.24, 2.45) is 0 Å². The van der Waals surface area contributed by atoms with Gasteiger partial charge in [0.25, 0.3) is 0 Å². The van der Waals surface area contributed by atoms with E-state index in [9.17, 15) is 4.79 Å². The van der Waals surface area contributed by atoms with Crippen LogP contribution in [-0.4, -0.2) is 28.0 Å². The van der Waals surface area contributed by atoms with E-state index >= 15 is 0 Å². The average molecular weight is 351 g/mol. The summed E-state index contributed by atoms with van der Waals surface area (Å²) in [7, 11) is 0. The highest BCUT2D eigenvalue weighted by Crippen LogP contribution is 2.29. The third-order valence-electron chi connectivity index (χ3n) is 3.09. The predicted molar refractivity (Wildman–Crippen MR) is 95.3 cm³/mol. The topological polar surface area (TPSA) is 64.1 Å². The van der Waals surface area contributed by atoms with E-state index in [1.54, 1.807) is 11.8 Å². The highest BCUT2D eigenvalue weighted by molar-refractivity contribution is 8.01. The van der Waals surface area contributed by atoms with Crippen LogP contribution in [0.1, 0.15) is 33.1 Å². The molecule has 1 heterocycles. The number of hydrogen-bond acceptors (Lipinski definition) is 6. The van der Waals surface area contributed by atoms with Crippen LogP contribution >= 0.6 is 23.1 Å². The number of rotatable bonds is 9. The van der Waals surface area contributed by atoms with Gasteiger partial charge in [-0.2, -0.15) is 0 Å². The molecule has 0 bridgehead atoms. The standard InChI is InChI=1S/C16H21N3O2S2/c1-3-12(2)22-16-19-18-15(23-16)17-14(20)10-7-11-21-13-8-5-4-6-9-13/h4-6,8-9,12H,3,7,10-11H2,1-2H3,(H,17,18,20). The number of para-hydroxylation sites is 1. The predicted octanol–water partition coefficient (Wildman–Crippen LogP) is 4.23. The van der Waals surface area contributed by atoms with Gasteiger partial charge in [0, 0.05) is 11.7 Å². The van der Waals surface area contributed by atoms with Crippen molar-refractivity contribution in [1.82, 2.24) is 10.2 Å². The summed E-state index contributed by atoms with van der Waals surface area (Å²) in [4.78, 5) is 11.9. The molecule has 0 saturated carbocycles. The van der Waals surface area contributed by atoms with Crippen molar-refractivity contribution in [2.45, 2.75) is 42.7 Å². The lowest BCUT2D eigenvalue weighted by atomic mass is 10.3. The first-order valence-corrected chi connectivity index (χ1v) is 9.35. The molecule has 23 heavy (non-hydrogen) atoms. The molecule has 1 unspecified atom stereocenters. The Labute approximate surface area is 144 Å². The van der Waals surface area contributed by atoms with Gasteiger partial charge in [-0.3, -0.25) is 4.79 Å². The average Bonchev–Trinajstić information content (AvgIpc) is 2.99. The van der Waals surface area contributed by atoms with E-state index in [4.69, 9.17) is 4.74 Å². The van der Waals surface area contributed by atoms with Crippen LogP contribution in [0.4, 0.5) is 5.13 Å². The van der Waals surface area contributed by atoms with Crippen LogP contribution in [0.2, 0.25) is 0 Å². The summed E-state index contributed by atoms with van der Waals surface area (Å²) in [5, 5.41) is 11.9. The van der Waals surface area contributed by atoms with E-state index in [1.165, 1.54) is 11.3 Å². The molecule has 1 amide bonds. The minimum atomic E-state index is -0.0575. The van der Waals surface area contributed by atoms with E-state index in [1.807, 2.05) is 30.3 Å². The van der Waals surface area contributed by atoms with Crippen molar-refractivity contribution in [2.75, 3.05) is 11.9 Å². The normalized spacial score (nSPS) is 11.9. The maximum absolute atomic E-state index is 11.9. The Balaban J connectivity index is 1.66. The molecule has 5 nitrogen and oxygen atoms in total. The Morgan fingerprint density at radius 1 is 1.35 bits per heavy atom. The summed E-state index contributed by atoms with van der Waals surface area (Å²) >= 11 is 3.10. The lowest BCUT2D eigenvalue weighted by Crippen LogP contribution is -2.12. The molecule has 0 aliphatic carbocycles. The number of hydrogen-bond donors (Lipinski definition) is 1. The Morgan fingerprint density at radius 3 is 2.87 bits per heavy atom. The number of ether oxygens (including phenoxy) is 1. The molecule has 0 radical (unpaired) electrons. The highest BCUT2D eigenvalue weighted by Gasteiger charge is 2.10. The van der Waals surface area contributed by atoms with Gasteiger partial charge < -0.3 is 10.1 Å². The van der Waals surface area contributed by atoms with Crippen LogP contribution in [0.25, 0.3) is 0 Å². The second-order valence-electron chi connectivity index (χ2n) is 5.02. The number of nitrogens with one attached hydrogen (secondary N) is 1. The molecule has 0 spiro atoms. The van der Waals surface area contributed by atoms with E-state index in [-0.39, 0.29) is 5.91 Å². The van der Waals surface area contributed by atoms with Gasteiger partial charge in [0.15, 0.2) is 4.34 Å². The number of thioether (sulfide) groups is 1. The van der Waals surface area contributed by atoms with Crippen LogP contribution in [0.5, 0.6) is 5.75 Å². The molecule has 0 aliphatic rings. The number of carbonyl (C=O) groups excluding carboxylic acids is 1. The maximum atomic E-state index is 11.9. The van der Waals surface area contributed by atoms with Gasteiger partial charge in [0.05, 0.1) is 6.61 Å². The summed E-state index contributed by atoms with van der Waals surface area (Å²) < 4.78 is 6.45. The number of aromatic nitrogens is 2. The maximum Gasteiger partial charge on any atom is 0.226 e. The number of carbonyl (C=O) groups is 1. The van der Waals surface area contributed by atoms with Crippen molar-refractivity contribution < 1.29 is 9.53 Å². The van der Waals surface area contributed by atoms with Gasteiger partial charge in [0.1, 0.15) is 5.75 Å². The summed E-state index contributed by atoms with van der Waals surface area (Å²) in [5.74, 6) is 0.765. The molecule has 1 aromatic heterocycles. The fourth-order valence-corrected chi connectivity index (χ4v) is 3.70. The number of nitrogens with zero attached hydrogens (tertiary/aromatic N) is 2. The zero-order chi connectivity index (χ0) is 16.5. The van der Waals surface area contributed by atoms with E-state index in [0.717, 1.165) is 16.5 Å². The summed E-state index contributed by atoms with van der Waals surface area (Å²) in [6.07, 6.45) is 2.14. The molecule has 7 heteroatoms. The van der Waals surface area contributed by atoms with Crippen LogP contribution in [-0.2, 0) is 4.79 Å². The van der Waals surface area contributed by atoms with Crippen molar-refractivity contribution in [1.29, 1.82) is 0 Å². The first-order chi connectivity index (χ1) is 11.2. The van der Waals surface area contributed by atoms with Crippen LogP contribution in [0.3, 0.4) is 0 Å². The smallest absolute Gasteiger partial charge is 0.226 e. The van der Waals surface area contributed by atoms with Crippen molar-refractivity contribution in [3.05, 3.63) is 30.3 Å². The van der Waals surface area contributed by atoms with E-state index in [0.29, 0.717) is 29.8 Å². The Bertz CT molecular complexity index is 604. The third kappa shape index (κ3) is 6.58. The molecule has 0 saturated heterocycles. The van der Waals surface area contributed by atoms with Gasteiger partial charge in [-0.25, -0.2) is 0 Å². The lowest BCUT2D eigenvalue weighted by molar-refractivity contribution is -0.116. The van der Waals surface area contributed by atoms with Crippen molar-refractivity contribution in [3.63, 3.8) is 0 Å². The van der Waals surface area contributed by atoms with Crippen molar-refractivity contribution >= 4 is 34.1 Å². The Morgan fingerprint density at radius 2 is 2.13 bits per heavy atom. The number of anilines is 1. The van der Waals surface area contributed by atoms with Gasteiger partial charge in [0.2, 0.25) is 11.0 Å². The molecule has 1 aromatic carbocycles. The van der Waals surface area contributed by atoms with Gasteiger partial charge in [-0.1, -0.05) is 55.1 Å². The monoisotopic (exact) mass is 351 g/mol. The van der Waals surface area contributed by atoms with E-state index in [2.05, 4.69) is 29.4 Å². The Kier molecular flexibility index (Phi) is 7.35. The van der Waals surface area contributed by atoms with Gasteiger partial charge in [-0.15, -0.1) is 10.2 Å². The largest absolute Gasteiger partial charge is 0.494 e. The highest BCUT2D eigenvalue weighted by atomic mass is 32.2. The molecule has 2 rings (SSSR count).